The molecule has 1 aromatic carbocycles. The molecule has 3 aromatic rings. The molecule has 0 radical (unpaired) electrons. The molecule has 0 unspecified atom stereocenters. The SMILES string of the molecule is CNc1ncc(OCc2ccc3ccccc3n2)c(N)n1. The number of anilines is 2. The van der Waals surface area contributed by atoms with E-state index < -0.39 is 0 Å². The molecular weight excluding hydrogens is 266 g/mol. The van der Waals surface area contributed by atoms with Crippen LogP contribution in [0, 0.1) is 0 Å². The van der Waals surface area contributed by atoms with Crippen molar-refractivity contribution in [3.05, 3.63) is 48.3 Å². The Bertz CT molecular complexity index is 775. The first kappa shape index (κ1) is 13.1. The second kappa shape index (κ2) is 5.62. The summed E-state index contributed by atoms with van der Waals surface area (Å²) < 4.78 is 5.63. The van der Waals surface area contributed by atoms with E-state index in [0.717, 1.165) is 16.6 Å². The number of hydrogen-bond acceptors (Lipinski definition) is 6. The first-order valence-corrected chi connectivity index (χ1v) is 6.54. The van der Waals surface area contributed by atoms with Gasteiger partial charge in [0.1, 0.15) is 6.61 Å². The smallest absolute Gasteiger partial charge is 0.224 e. The molecule has 3 rings (SSSR count). The third-order valence-corrected chi connectivity index (χ3v) is 3.04. The first-order chi connectivity index (χ1) is 10.3. The number of aromatic nitrogens is 3. The van der Waals surface area contributed by atoms with Gasteiger partial charge in [-0.1, -0.05) is 24.3 Å². The summed E-state index contributed by atoms with van der Waals surface area (Å²) in [5, 5.41) is 3.92. The van der Waals surface area contributed by atoms with Crippen LogP contribution in [-0.2, 0) is 6.61 Å². The van der Waals surface area contributed by atoms with E-state index in [1.807, 2.05) is 36.4 Å². The summed E-state index contributed by atoms with van der Waals surface area (Å²) in [7, 11) is 1.73. The fourth-order valence-electron chi connectivity index (χ4n) is 1.96. The van der Waals surface area contributed by atoms with Gasteiger partial charge in [0.15, 0.2) is 11.6 Å². The molecule has 0 aliphatic rings. The Morgan fingerprint density at radius 3 is 2.81 bits per heavy atom. The van der Waals surface area contributed by atoms with Crippen LogP contribution in [0.15, 0.2) is 42.6 Å². The van der Waals surface area contributed by atoms with E-state index in [1.54, 1.807) is 13.2 Å². The van der Waals surface area contributed by atoms with Crippen LogP contribution in [0.1, 0.15) is 5.69 Å². The third kappa shape index (κ3) is 2.84. The second-order valence-electron chi connectivity index (χ2n) is 4.48. The summed E-state index contributed by atoms with van der Waals surface area (Å²) in [5.74, 6) is 1.21. The number of nitrogens with two attached hydrogens (primary N) is 1. The summed E-state index contributed by atoms with van der Waals surface area (Å²) in [5.41, 5.74) is 7.58. The predicted octanol–water partition coefficient (Wildman–Crippen LogP) is 2.23. The zero-order chi connectivity index (χ0) is 14.7. The largest absolute Gasteiger partial charge is 0.482 e. The first-order valence-electron chi connectivity index (χ1n) is 6.54. The Labute approximate surface area is 122 Å². The molecule has 0 atom stereocenters. The van der Waals surface area contributed by atoms with Gasteiger partial charge in [0, 0.05) is 12.4 Å². The van der Waals surface area contributed by atoms with Crippen molar-refractivity contribution >= 4 is 22.7 Å². The molecule has 2 aromatic heterocycles. The molecule has 0 saturated carbocycles. The molecular formula is C15H15N5O. The number of benzene rings is 1. The fraction of sp³-hybridized carbons (Fsp3) is 0.133. The molecule has 0 spiro atoms. The molecule has 3 N–H and O–H groups in total. The third-order valence-electron chi connectivity index (χ3n) is 3.04. The Morgan fingerprint density at radius 2 is 2.00 bits per heavy atom. The molecule has 0 amide bonds. The molecule has 0 fully saturated rings. The van der Waals surface area contributed by atoms with Gasteiger partial charge in [-0.25, -0.2) is 9.97 Å². The van der Waals surface area contributed by atoms with Crippen molar-refractivity contribution in [2.24, 2.45) is 0 Å². The molecule has 6 heteroatoms. The summed E-state index contributed by atoms with van der Waals surface area (Å²) in [6, 6.07) is 11.9. The molecule has 6 nitrogen and oxygen atoms in total. The van der Waals surface area contributed by atoms with Gasteiger partial charge in [-0.05, 0) is 12.1 Å². The van der Waals surface area contributed by atoms with Crippen molar-refractivity contribution in [3.8, 4) is 5.75 Å². The normalized spacial score (nSPS) is 10.5. The minimum atomic E-state index is 0.301. The Balaban J connectivity index is 1.77. The van der Waals surface area contributed by atoms with Crippen LogP contribution in [0.25, 0.3) is 10.9 Å². The predicted molar refractivity (Wildman–Crippen MR) is 82.1 cm³/mol. The number of rotatable bonds is 4. The van der Waals surface area contributed by atoms with Crippen molar-refractivity contribution in [1.29, 1.82) is 0 Å². The van der Waals surface area contributed by atoms with E-state index >= 15 is 0 Å². The minimum absolute atomic E-state index is 0.301. The Kier molecular flexibility index (Phi) is 3.51. The van der Waals surface area contributed by atoms with Crippen molar-refractivity contribution in [3.63, 3.8) is 0 Å². The van der Waals surface area contributed by atoms with Crippen molar-refractivity contribution in [2.75, 3.05) is 18.1 Å². The van der Waals surface area contributed by atoms with Crippen LogP contribution >= 0.6 is 0 Å². The van der Waals surface area contributed by atoms with Crippen LogP contribution in [-0.4, -0.2) is 22.0 Å². The zero-order valence-corrected chi connectivity index (χ0v) is 11.6. The highest BCUT2D eigenvalue weighted by atomic mass is 16.5. The highest BCUT2D eigenvalue weighted by molar-refractivity contribution is 5.78. The van der Waals surface area contributed by atoms with Gasteiger partial charge in [0.05, 0.1) is 17.4 Å². The molecule has 0 aliphatic heterocycles. The number of pyridine rings is 1. The van der Waals surface area contributed by atoms with Crippen LogP contribution in [0.4, 0.5) is 11.8 Å². The maximum Gasteiger partial charge on any atom is 0.224 e. The molecule has 0 aliphatic carbocycles. The van der Waals surface area contributed by atoms with E-state index in [4.69, 9.17) is 10.5 Å². The van der Waals surface area contributed by atoms with Gasteiger partial charge in [0.2, 0.25) is 5.95 Å². The fourth-order valence-corrected chi connectivity index (χ4v) is 1.96. The number of hydrogen-bond donors (Lipinski definition) is 2. The van der Waals surface area contributed by atoms with E-state index in [1.165, 1.54) is 0 Å². The van der Waals surface area contributed by atoms with Gasteiger partial charge in [-0.2, -0.15) is 4.98 Å². The standard InChI is InChI=1S/C15H15N5O/c1-17-15-18-8-13(14(16)20-15)21-9-11-7-6-10-4-2-3-5-12(10)19-11/h2-8H,9H2,1H3,(H3,16,17,18,20). The van der Waals surface area contributed by atoms with Gasteiger partial charge < -0.3 is 15.8 Å². The van der Waals surface area contributed by atoms with Gasteiger partial charge in [-0.3, -0.25) is 0 Å². The van der Waals surface area contributed by atoms with E-state index in [-0.39, 0.29) is 0 Å². The summed E-state index contributed by atoms with van der Waals surface area (Å²) in [6.07, 6.45) is 1.55. The van der Waals surface area contributed by atoms with Crippen LogP contribution in [0.5, 0.6) is 5.75 Å². The number of nitrogens with zero attached hydrogens (tertiary/aromatic N) is 3. The lowest BCUT2D eigenvalue weighted by atomic mass is 10.2. The van der Waals surface area contributed by atoms with Gasteiger partial charge in [-0.15, -0.1) is 0 Å². The summed E-state index contributed by atoms with van der Waals surface area (Å²) in [6.45, 7) is 0.317. The number of nitrogen functional groups attached to an aromatic ring is 1. The number of fused-ring (bicyclic) bond motifs is 1. The lowest BCUT2D eigenvalue weighted by molar-refractivity contribution is 0.301. The lowest BCUT2D eigenvalue weighted by Gasteiger charge is -2.09. The number of nitrogens with one attached hydrogen (secondary N) is 1. The topological polar surface area (TPSA) is 86.0 Å². The molecule has 106 valence electrons. The average Bonchev–Trinajstić information content (AvgIpc) is 2.53. The summed E-state index contributed by atoms with van der Waals surface area (Å²) >= 11 is 0. The van der Waals surface area contributed by atoms with Crippen molar-refractivity contribution in [2.45, 2.75) is 6.61 Å². The quantitative estimate of drug-likeness (QED) is 0.762. The maximum atomic E-state index is 5.82. The van der Waals surface area contributed by atoms with Gasteiger partial charge in [0.25, 0.3) is 0 Å². The van der Waals surface area contributed by atoms with Crippen LogP contribution in [0.2, 0.25) is 0 Å². The second-order valence-corrected chi connectivity index (χ2v) is 4.48. The number of para-hydroxylation sites is 1. The monoisotopic (exact) mass is 281 g/mol. The maximum absolute atomic E-state index is 5.82. The zero-order valence-electron chi connectivity index (χ0n) is 11.6. The van der Waals surface area contributed by atoms with Crippen LogP contribution in [0.3, 0.4) is 0 Å². The van der Waals surface area contributed by atoms with Gasteiger partial charge >= 0.3 is 0 Å². The summed E-state index contributed by atoms with van der Waals surface area (Å²) in [4.78, 5) is 12.7. The molecule has 2 heterocycles. The number of ether oxygens (including phenoxy) is 1. The lowest BCUT2D eigenvalue weighted by Crippen LogP contribution is -2.05. The molecule has 0 bridgehead atoms. The van der Waals surface area contributed by atoms with Crippen LogP contribution < -0.4 is 15.8 Å². The average molecular weight is 281 g/mol. The van der Waals surface area contributed by atoms with E-state index in [9.17, 15) is 0 Å². The Morgan fingerprint density at radius 1 is 1.14 bits per heavy atom. The molecule has 21 heavy (non-hydrogen) atoms. The minimum Gasteiger partial charge on any atom is -0.482 e. The van der Waals surface area contributed by atoms with E-state index in [0.29, 0.717) is 24.1 Å². The van der Waals surface area contributed by atoms with E-state index in [2.05, 4.69) is 20.3 Å². The van der Waals surface area contributed by atoms with Crippen molar-refractivity contribution < 1.29 is 4.74 Å². The highest BCUT2D eigenvalue weighted by Gasteiger charge is 2.05. The highest BCUT2D eigenvalue weighted by Crippen LogP contribution is 2.20. The molecule has 0 saturated heterocycles. The Hall–Kier alpha value is -2.89. The van der Waals surface area contributed by atoms with Crippen molar-refractivity contribution in [1.82, 2.24) is 15.0 Å².